The molecule has 4 rings (SSSR count). The number of phenolic OH excluding ortho intramolecular Hbond substituents is 2. The second-order valence-corrected chi connectivity index (χ2v) is 10.7. The molecule has 10 nitrogen and oxygen atoms in total. The fourth-order valence-corrected chi connectivity index (χ4v) is 5.31. The van der Waals surface area contributed by atoms with Crippen LogP contribution in [0.25, 0.3) is 0 Å². The Morgan fingerprint density at radius 3 is 2.43 bits per heavy atom. The van der Waals surface area contributed by atoms with Crippen molar-refractivity contribution >= 4 is 28.9 Å². The molecule has 0 bridgehead atoms. The maximum atomic E-state index is 13.8. The lowest BCUT2D eigenvalue weighted by molar-refractivity contribution is -0.274. The van der Waals surface area contributed by atoms with Crippen LogP contribution in [0.5, 0.6) is 23.0 Å². The Balaban J connectivity index is 1.37. The molecule has 1 atom stereocenters. The lowest BCUT2D eigenvalue weighted by Crippen LogP contribution is -2.41. The summed E-state index contributed by atoms with van der Waals surface area (Å²) < 4.78 is 46.8. The van der Waals surface area contributed by atoms with E-state index < -0.39 is 46.4 Å². The molecule has 4 N–H and O–H groups in total. The molecule has 0 spiro atoms. The molecule has 1 heterocycles. The van der Waals surface area contributed by atoms with Crippen molar-refractivity contribution in [1.82, 2.24) is 5.32 Å². The number of amides is 1. The largest absolute Gasteiger partial charge is 0.573 e. The quantitative estimate of drug-likeness (QED) is 0.121. The standard InChI is InChI=1S/C31H31F3N2O8/c1-15-26(40)24(17(3)37)28-25(27(15)41)30(4)21(43-28)14-20(38)23(29(30)42)16(2)35-12-7-5-6-11-22(39)36-18-9-8-10-19(13-18)44-31(32,33)34/h8-10,13-14,35,40-41H,5-7,11-12H2,1-4H3,(H,36,39)/b23-16+. The third kappa shape index (κ3) is 6.12. The number of Topliss-reactive ketones (excluding diaryl/α,β-unsaturated/α-hetero) is 2. The van der Waals surface area contributed by atoms with E-state index in [9.17, 15) is 42.6 Å². The summed E-state index contributed by atoms with van der Waals surface area (Å²) in [4.78, 5) is 51.4. The topological polar surface area (TPSA) is 151 Å². The van der Waals surface area contributed by atoms with E-state index in [4.69, 9.17) is 4.74 Å². The molecular weight excluding hydrogens is 585 g/mol. The highest BCUT2D eigenvalue weighted by atomic mass is 19.4. The Hall–Kier alpha value is -4.81. The molecule has 0 radical (unpaired) electrons. The van der Waals surface area contributed by atoms with Gasteiger partial charge in [-0.05, 0) is 52.7 Å². The molecule has 13 heteroatoms. The summed E-state index contributed by atoms with van der Waals surface area (Å²) in [7, 11) is 0. The van der Waals surface area contributed by atoms with Gasteiger partial charge in [-0.1, -0.05) is 12.5 Å². The number of nitrogens with one attached hydrogen (secondary N) is 2. The number of aromatic hydroxyl groups is 2. The van der Waals surface area contributed by atoms with Crippen LogP contribution < -0.4 is 20.1 Å². The first-order valence-corrected chi connectivity index (χ1v) is 13.8. The molecule has 44 heavy (non-hydrogen) atoms. The third-order valence-corrected chi connectivity index (χ3v) is 7.58. The van der Waals surface area contributed by atoms with Gasteiger partial charge in [0.15, 0.2) is 17.3 Å². The van der Waals surface area contributed by atoms with Crippen LogP contribution in [0.4, 0.5) is 18.9 Å². The highest BCUT2D eigenvalue weighted by molar-refractivity contribution is 6.31. The van der Waals surface area contributed by atoms with Crippen LogP contribution >= 0.6 is 0 Å². The van der Waals surface area contributed by atoms with Crippen molar-refractivity contribution in [3.8, 4) is 23.0 Å². The highest BCUT2D eigenvalue weighted by Gasteiger charge is 2.56. The monoisotopic (exact) mass is 616 g/mol. The number of unbranched alkanes of at least 4 members (excludes halogenated alkanes) is 2. The van der Waals surface area contributed by atoms with Crippen LogP contribution in [-0.4, -0.2) is 46.4 Å². The zero-order chi connectivity index (χ0) is 32.6. The summed E-state index contributed by atoms with van der Waals surface area (Å²) in [6, 6.07) is 4.97. The van der Waals surface area contributed by atoms with Crippen LogP contribution in [0, 0.1) is 6.92 Å². The number of anilines is 1. The number of carbonyl (C=O) groups is 4. The number of ketones is 3. The lowest BCUT2D eigenvalue weighted by Gasteiger charge is -2.29. The Labute approximate surface area is 250 Å². The minimum atomic E-state index is -4.84. The molecule has 1 aliphatic heterocycles. The van der Waals surface area contributed by atoms with Crippen LogP contribution in [-0.2, 0) is 19.8 Å². The Morgan fingerprint density at radius 2 is 1.77 bits per heavy atom. The molecule has 234 valence electrons. The second kappa shape index (κ2) is 12.1. The van der Waals surface area contributed by atoms with E-state index in [1.54, 1.807) is 6.92 Å². The average Bonchev–Trinajstić information content (AvgIpc) is 3.21. The zero-order valence-electron chi connectivity index (χ0n) is 24.4. The summed E-state index contributed by atoms with van der Waals surface area (Å²) in [5.74, 6) is -3.72. The smallest absolute Gasteiger partial charge is 0.507 e. The highest BCUT2D eigenvalue weighted by Crippen LogP contribution is 2.57. The molecule has 2 aliphatic rings. The molecule has 1 unspecified atom stereocenters. The maximum Gasteiger partial charge on any atom is 0.573 e. The van der Waals surface area contributed by atoms with Gasteiger partial charge in [0, 0.05) is 42.1 Å². The molecule has 1 amide bonds. The predicted molar refractivity (Wildman–Crippen MR) is 152 cm³/mol. The maximum absolute atomic E-state index is 13.8. The first-order chi connectivity index (χ1) is 20.6. The number of hydrogen-bond donors (Lipinski definition) is 4. The van der Waals surface area contributed by atoms with E-state index in [-0.39, 0.29) is 51.8 Å². The van der Waals surface area contributed by atoms with Crippen molar-refractivity contribution in [2.75, 3.05) is 11.9 Å². The van der Waals surface area contributed by atoms with Gasteiger partial charge in [0.25, 0.3) is 0 Å². The van der Waals surface area contributed by atoms with Gasteiger partial charge >= 0.3 is 6.36 Å². The second-order valence-electron chi connectivity index (χ2n) is 10.7. The molecule has 2 aromatic carbocycles. The van der Waals surface area contributed by atoms with Crippen molar-refractivity contribution in [1.29, 1.82) is 0 Å². The van der Waals surface area contributed by atoms with Gasteiger partial charge in [-0.25, -0.2) is 0 Å². The zero-order valence-corrected chi connectivity index (χ0v) is 24.4. The SMILES string of the molecule is CC(=O)c1c(O)c(C)c(O)c2c1OC1=CC(=O)/C(=C(/C)NCCCCCC(=O)Nc3cccc(OC(F)(F)F)c3)C(=O)C12C. The van der Waals surface area contributed by atoms with Crippen molar-refractivity contribution in [3.63, 3.8) is 0 Å². The van der Waals surface area contributed by atoms with Crippen molar-refractivity contribution in [2.24, 2.45) is 0 Å². The van der Waals surface area contributed by atoms with Gasteiger partial charge in [-0.15, -0.1) is 13.2 Å². The van der Waals surface area contributed by atoms with Crippen LogP contribution in [0.3, 0.4) is 0 Å². The minimum absolute atomic E-state index is 0.00257. The number of benzene rings is 2. The molecule has 1 aliphatic carbocycles. The van der Waals surface area contributed by atoms with Crippen LogP contribution in [0.2, 0.25) is 0 Å². The summed E-state index contributed by atoms with van der Waals surface area (Å²) in [5.41, 5.74) is -1.47. The average molecular weight is 617 g/mol. The number of fused-ring (bicyclic) bond motifs is 3. The number of phenols is 2. The number of hydrogen-bond acceptors (Lipinski definition) is 9. The van der Waals surface area contributed by atoms with E-state index in [1.165, 1.54) is 32.9 Å². The van der Waals surface area contributed by atoms with Crippen LogP contribution in [0.1, 0.15) is 67.9 Å². The number of carbonyl (C=O) groups excluding carboxylic acids is 4. The fraction of sp³-hybridized carbons (Fsp3) is 0.355. The molecule has 0 fully saturated rings. The van der Waals surface area contributed by atoms with Gasteiger partial charge in [0.2, 0.25) is 5.91 Å². The summed E-state index contributed by atoms with van der Waals surface area (Å²) >= 11 is 0. The summed E-state index contributed by atoms with van der Waals surface area (Å²) in [6.07, 6.45) is -1.95. The van der Waals surface area contributed by atoms with E-state index in [2.05, 4.69) is 15.4 Å². The Kier molecular flexibility index (Phi) is 8.80. The predicted octanol–water partition coefficient (Wildman–Crippen LogP) is 5.26. The number of allylic oxidation sites excluding steroid dienone is 4. The Bertz CT molecular complexity index is 1630. The lowest BCUT2D eigenvalue weighted by atomic mass is 9.70. The van der Waals surface area contributed by atoms with Gasteiger partial charge in [-0.3, -0.25) is 19.2 Å². The van der Waals surface area contributed by atoms with Crippen molar-refractivity contribution in [2.45, 2.75) is 65.2 Å². The molecule has 2 aromatic rings. The third-order valence-electron chi connectivity index (χ3n) is 7.58. The van der Waals surface area contributed by atoms with Crippen LogP contribution in [0.15, 0.2) is 47.4 Å². The van der Waals surface area contributed by atoms with Gasteiger partial charge < -0.3 is 30.3 Å². The number of rotatable bonds is 10. The van der Waals surface area contributed by atoms with Gasteiger partial charge in [-0.2, -0.15) is 0 Å². The van der Waals surface area contributed by atoms with E-state index in [1.807, 2.05) is 0 Å². The normalized spacial score (nSPS) is 18.6. The van der Waals surface area contributed by atoms with Gasteiger partial charge in [0.1, 0.15) is 39.7 Å². The molecular formula is C31H31F3N2O8. The Morgan fingerprint density at radius 1 is 1.07 bits per heavy atom. The van der Waals surface area contributed by atoms with E-state index >= 15 is 0 Å². The van der Waals surface area contributed by atoms with Crippen molar-refractivity contribution < 1.29 is 52.0 Å². The molecule has 0 aromatic heterocycles. The fourth-order valence-electron chi connectivity index (χ4n) is 5.31. The summed E-state index contributed by atoms with van der Waals surface area (Å²) in [6.45, 7) is 6.03. The van der Waals surface area contributed by atoms with E-state index in [0.29, 0.717) is 31.5 Å². The molecule has 0 saturated carbocycles. The number of ether oxygens (including phenoxy) is 2. The molecule has 0 saturated heterocycles. The van der Waals surface area contributed by atoms with E-state index in [0.717, 1.165) is 18.2 Å². The first-order valence-electron chi connectivity index (χ1n) is 13.8. The van der Waals surface area contributed by atoms with Gasteiger partial charge in [0.05, 0.1) is 11.1 Å². The number of halogens is 3. The number of alkyl halides is 3. The first kappa shape index (κ1) is 32.1. The minimum Gasteiger partial charge on any atom is -0.507 e. The van der Waals surface area contributed by atoms with Crippen molar-refractivity contribution in [3.05, 3.63) is 64.1 Å². The summed E-state index contributed by atoms with van der Waals surface area (Å²) in [5, 5.41) is 27.0.